The number of carbonyl (C=O) groups excluding carboxylic acids is 2. The summed E-state index contributed by atoms with van der Waals surface area (Å²) in [5.74, 6) is 0.0547. The number of benzene rings is 2. The molecule has 4 rings (SSSR count). The minimum atomic E-state index is -0.687. The van der Waals surface area contributed by atoms with Crippen LogP contribution in [0.2, 0.25) is 0 Å². The molecule has 2 aromatic carbocycles. The van der Waals surface area contributed by atoms with E-state index >= 15 is 0 Å². The summed E-state index contributed by atoms with van der Waals surface area (Å²) in [6.45, 7) is 2.01. The summed E-state index contributed by atoms with van der Waals surface area (Å²) in [5.41, 5.74) is 3.88. The fourth-order valence-electron chi connectivity index (χ4n) is 3.32. The number of aromatic nitrogens is 2. The smallest absolute Gasteiger partial charge is 0.313 e. The van der Waals surface area contributed by atoms with Gasteiger partial charge >= 0.3 is 11.8 Å². The molecule has 148 valence electrons. The molecule has 29 heavy (non-hydrogen) atoms. The minimum Gasteiger partial charge on any atom is -0.457 e. The fraction of sp³-hybridized carbons (Fsp3) is 0.227. The first-order valence-electron chi connectivity index (χ1n) is 9.54. The number of nitrogens with zero attached hydrogens (tertiary/aromatic N) is 1. The quantitative estimate of drug-likeness (QED) is 0.597. The van der Waals surface area contributed by atoms with Crippen LogP contribution in [0.25, 0.3) is 0 Å². The highest BCUT2D eigenvalue weighted by molar-refractivity contribution is 6.39. The zero-order valence-electron chi connectivity index (χ0n) is 16.1. The van der Waals surface area contributed by atoms with E-state index in [1.165, 1.54) is 5.56 Å². The SMILES string of the molecule is Cc1ccc(Oc2ccc(NC(=O)C(=O)NC3CCc4cn[nH]c4C3)cc2)cc1. The van der Waals surface area contributed by atoms with Gasteiger partial charge in [-0.25, -0.2) is 0 Å². The van der Waals surface area contributed by atoms with Crippen molar-refractivity contribution in [3.05, 3.63) is 71.5 Å². The van der Waals surface area contributed by atoms with Crippen LogP contribution in [-0.2, 0) is 22.4 Å². The van der Waals surface area contributed by atoms with Crippen LogP contribution in [0.15, 0.2) is 54.7 Å². The molecule has 1 aliphatic carbocycles. The van der Waals surface area contributed by atoms with Gasteiger partial charge in [0.15, 0.2) is 0 Å². The Labute approximate surface area is 168 Å². The molecule has 0 saturated heterocycles. The van der Waals surface area contributed by atoms with Crippen molar-refractivity contribution in [3.63, 3.8) is 0 Å². The Morgan fingerprint density at radius 1 is 1.03 bits per heavy atom. The molecule has 0 aliphatic heterocycles. The van der Waals surface area contributed by atoms with Crippen molar-refractivity contribution in [1.29, 1.82) is 0 Å². The van der Waals surface area contributed by atoms with Crippen LogP contribution in [0.5, 0.6) is 11.5 Å². The summed E-state index contributed by atoms with van der Waals surface area (Å²) in [5, 5.41) is 12.4. The summed E-state index contributed by atoms with van der Waals surface area (Å²) in [6, 6.07) is 14.6. The molecule has 3 aromatic rings. The highest BCUT2D eigenvalue weighted by atomic mass is 16.5. The van der Waals surface area contributed by atoms with Gasteiger partial charge in [-0.1, -0.05) is 17.7 Å². The van der Waals surface area contributed by atoms with E-state index in [0.29, 0.717) is 17.9 Å². The molecule has 0 spiro atoms. The molecule has 0 bridgehead atoms. The number of hydrogen-bond acceptors (Lipinski definition) is 4. The molecule has 1 heterocycles. The van der Waals surface area contributed by atoms with Crippen molar-refractivity contribution in [2.45, 2.75) is 32.2 Å². The van der Waals surface area contributed by atoms with Crippen molar-refractivity contribution in [3.8, 4) is 11.5 Å². The third-order valence-corrected chi connectivity index (χ3v) is 4.93. The predicted molar refractivity (Wildman–Crippen MR) is 109 cm³/mol. The first-order valence-corrected chi connectivity index (χ1v) is 9.54. The summed E-state index contributed by atoms with van der Waals surface area (Å²) in [4.78, 5) is 24.4. The van der Waals surface area contributed by atoms with E-state index in [2.05, 4.69) is 20.8 Å². The van der Waals surface area contributed by atoms with E-state index in [1.807, 2.05) is 37.4 Å². The van der Waals surface area contributed by atoms with Gasteiger partial charge in [0.1, 0.15) is 11.5 Å². The van der Waals surface area contributed by atoms with Gasteiger partial charge in [-0.2, -0.15) is 5.10 Å². The number of amides is 2. The number of rotatable bonds is 4. The molecule has 0 fully saturated rings. The van der Waals surface area contributed by atoms with E-state index in [4.69, 9.17) is 4.74 Å². The van der Waals surface area contributed by atoms with Gasteiger partial charge in [0.05, 0.1) is 6.20 Å². The molecule has 0 radical (unpaired) electrons. The molecular formula is C22H22N4O3. The van der Waals surface area contributed by atoms with Gasteiger partial charge in [-0.3, -0.25) is 14.7 Å². The number of aryl methyl sites for hydroxylation is 2. The van der Waals surface area contributed by atoms with Crippen LogP contribution in [0, 0.1) is 6.92 Å². The number of fused-ring (bicyclic) bond motifs is 1. The van der Waals surface area contributed by atoms with E-state index in [0.717, 1.165) is 29.8 Å². The van der Waals surface area contributed by atoms with Gasteiger partial charge in [0.2, 0.25) is 0 Å². The summed E-state index contributed by atoms with van der Waals surface area (Å²) >= 11 is 0. The number of aromatic amines is 1. The maximum absolute atomic E-state index is 12.2. The molecule has 1 aliphatic rings. The van der Waals surface area contributed by atoms with Gasteiger partial charge in [0, 0.05) is 23.8 Å². The zero-order valence-corrected chi connectivity index (χ0v) is 16.1. The number of nitrogens with one attached hydrogen (secondary N) is 3. The van der Waals surface area contributed by atoms with Gasteiger partial charge in [-0.05, 0) is 61.7 Å². The molecular weight excluding hydrogens is 368 g/mol. The average molecular weight is 390 g/mol. The average Bonchev–Trinajstić information content (AvgIpc) is 3.19. The second-order valence-electron chi connectivity index (χ2n) is 7.18. The van der Waals surface area contributed by atoms with Gasteiger partial charge in [0.25, 0.3) is 0 Å². The Balaban J connectivity index is 1.30. The number of hydrogen-bond donors (Lipinski definition) is 3. The monoisotopic (exact) mass is 390 g/mol. The predicted octanol–water partition coefficient (Wildman–Crippen LogP) is 3.12. The minimum absolute atomic E-state index is 0.0773. The summed E-state index contributed by atoms with van der Waals surface area (Å²) < 4.78 is 5.76. The summed E-state index contributed by atoms with van der Waals surface area (Å²) in [7, 11) is 0. The lowest BCUT2D eigenvalue weighted by Gasteiger charge is -2.22. The van der Waals surface area contributed by atoms with Crippen LogP contribution in [0.1, 0.15) is 23.2 Å². The summed E-state index contributed by atoms with van der Waals surface area (Å²) in [6.07, 6.45) is 4.09. The highest BCUT2D eigenvalue weighted by Gasteiger charge is 2.24. The molecule has 7 nitrogen and oxygen atoms in total. The van der Waals surface area contributed by atoms with E-state index in [1.54, 1.807) is 24.3 Å². The lowest BCUT2D eigenvalue weighted by Crippen LogP contribution is -2.44. The van der Waals surface area contributed by atoms with Crippen molar-refractivity contribution in [2.75, 3.05) is 5.32 Å². The lowest BCUT2D eigenvalue weighted by molar-refractivity contribution is -0.136. The molecule has 7 heteroatoms. The third kappa shape index (κ3) is 4.63. The molecule has 0 saturated carbocycles. The second kappa shape index (κ2) is 8.18. The van der Waals surface area contributed by atoms with Crippen LogP contribution < -0.4 is 15.4 Å². The van der Waals surface area contributed by atoms with Crippen LogP contribution in [0.4, 0.5) is 5.69 Å². The topological polar surface area (TPSA) is 96.1 Å². The Kier molecular flexibility index (Phi) is 5.29. The van der Waals surface area contributed by atoms with Gasteiger partial charge in [-0.15, -0.1) is 0 Å². The molecule has 1 atom stereocenters. The Hall–Kier alpha value is -3.61. The van der Waals surface area contributed by atoms with Crippen molar-refractivity contribution in [2.24, 2.45) is 0 Å². The zero-order chi connectivity index (χ0) is 20.2. The van der Waals surface area contributed by atoms with Crippen molar-refractivity contribution in [1.82, 2.24) is 15.5 Å². The van der Waals surface area contributed by atoms with E-state index in [9.17, 15) is 9.59 Å². The number of carbonyl (C=O) groups is 2. The first kappa shape index (κ1) is 18.7. The van der Waals surface area contributed by atoms with E-state index in [-0.39, 0.29) is 6.04 Å². The standard InChI is InChI=1S/C22H22N4O3/c1-14-2-8-18(9-3-14)29-19-10-6-16(7-11-19)24-21(27)22(28)25-17-5-4-15-13-23-26-20(15)12-17/h2-3,6-11,13,17H,4-5,12H2,1H3,(H,23,26)(H,24,27)(H,25,28). The fourth-order valence-corrected chi connectivity index (χ4v) is 3.32. The Morgan fingerprint density at radius 2 is 1.72 bits per heavy atom. The van der Waals surface area contributed by atoms with Crippen molar-refractivity contribution >= 4 is 17.5 Å². The van der Waals surface area contributed by atoms with Gasteiger partial charge < -0.3 is 15.4 Å². The molecule has 1 unspecified atom stereocenters. The highest BCUT2D eigenvalue weighted by Crippen LogP contribution is 2.23. The number of ether oxygens (including phenoxy) is 1. The first-order chi connectivity index (χ1) is 14.1. The lowest BCUT2D eigenvalue weighted by atomic mass is 9.94. The van der Waals surface area contributed by atoms with Crippen molar-refractivity contribution < 1.29 is 14.3 Å². The largest absolute Gasteiger partial charge is 0.457 e. The van der Waals surface area contributed by atoms with Crippen LogP contribution >= 0.6 is 0 Å². The maximum atomic E-state index is 12.2. The normalized spacial score (nSPS) is 15.3. The molecule has 2 amide bonds. The number of anilines is 1. The van der Waals surface area contributed by atoms with Crippen LogP contribution in [-0.4, -0.2) is 28.1 Å². The Bertz CT molecular complexity index is 1010. The van der Waals surface area contributed by atoms with E-state index < -0.39 is 11.8 Å². The molecule has 1 aromatic heterocycles. The van der Waals surface area contributed by atoms with Crippen LogP contribution in [0.3, 0.4) is 0 Å². The Morgan fingerprint density at radius 3 is 2.45 bits per heavy atom. The number of H-pyrrole nitrogens is 1. The third-order valence-electron chi connectivity index (χ3n) is 4.93. The maximum Gasteiger partial charge on any atom is 0.313 e. The molecule has 3 N–H and O–H groups in total. The second-order valence-corrected chi connectivity index (χ2v) is 7.18.